The number of aromatic nitrogens is 2. The Kier molecular flexibility index (Phi) is 7.18. The van der Waals surface area contributed by atoms with Crippen LogP contribution >= 0.6 is 0 Å². The van der Waals surface area contributed by atoms with Crippen molar-refractivity contribution >= 4 is 28.1 Å². The van der Waals surface area contributed by atoms with E-state index in [0.717, 1.165) is 56.3 Å². The highest BCUT2D eigenvalue weighted by atomic mass is 15.1. The summed E-state index contributed by atoms with van der Waals surface area (Å²) in [6.45, 7) is 0. The van der Waals surface area contributed by atoms with E-state index in [-0.39, 0.29) is 0 Å². The number of hydrogen-bond acceptors (Lipinski definition) is 2. The van der Waals surface area contributed by atoms with E-state index in [1.807, 2.05) is 12.1 Å². The topological polar surface area (TPSA) is 21.1 Å². The van der Waals surface area contributed by atoms with E-state index in [2.05, 4.69) is 185 Å². The Labute approximate surface area is 269 Å². The van der Waals surface area contributed by atoms with Gasteiger partial charge in [0, 0.05) is 28.3 Å². The van der Waals surface area contributed by atoms with E-state index in [1.165, 1.54) is 11.1 Å². The van der Waals surface area contributed by atoms with E-state index in [9.17, 15) is 0 Å². The van der Waals surface area contributed by atoms with Gasteiger partial charge in [-0.1, -0.05) is 121 Å². The van der Waals surface area contributed by atoms with Crippen molar-refractivity contribution in [2.75, 3.05) is 4.90 Å². The first-order valence-electron chi connectivity index (χ1n) is 15.6. The number of hydrogen-bond donors (Lipinski definition) is 0. The van der Waals surface area contributed by atoms with Crippen LogP contribution in [0.4, 0.5) is 17.1 Å². The van der Waals surface area contributed by atoms with Gasteiger partial charge in [0.25, 0.3) is 0 Å². The Morgan fingerprint density at radius 3 is 1.52 bits per heavy atom. The fourth-order valence-electron chi connectivity index (χ4n) is 6.16. The van der Waals surface area contributed by atoms with Crippen LogP contribution in [0.25, 0.3) is 50.4 Å². The minimum absolute atomic E-state index is 0.931. The number of anilines is 3. The molecule has 8 aromatic rings. The normalized spacial score (nSPS) is 11.0. The van der Waals surface area contributed by atoms with Crippen LogP contribution in [0.15, 0.2) is 188 Å². The first-order valence-corrected chi connectivity index (χ1v) is 15.6. The zero-order valence-corrected chi connectivity index (χ0v) is 25.2. The van der Waals surface area contributed by atoms with Gasteiger partial charge in [-0.05, 0) is 89.0 Å². The van der Waals surface area contributed by atoms with Crippen molar-refractivity contribution in [2.45, 2.75) is 0 Å². The summed E-state index contributed by atoms with van der Waals surface area (Å²) in [6.07, 6.45) is 0. The van der Waals surface area contributed by atoms with Gasteiger partial charge in [0.2, 0.25) is 0 Å². The van der Waals surface area contributed by atoms with E-state index in [0.29, 0.717) is 0 Å². The zero-order chi connectivity index (χ0) is 30.7. The Balaban J connectivity index is 1.15. The number of benzene rings is 7. The number of fused-ring (bicyclic) bond motifs is 1. The van der Waals surface area contributed by atoms with Crippen LogP contribution in [0.1, 0.15) is 0 Å². The van der Waals surface area contributed by atoms with Gasteiger partial charge in [0.15, 0.2) is 0 Å². The van der Waals surface area contributed by atoms with E-state index in [4.69, 9.17) is 4.98 Å². The van der Waals surface area contributed by atoms with Gasteiger partial charge in [-0.2, -0.15) is 0 Å². The highest BCUT2D eigenvalue weighted by molar-refractivity contribution is 5.85. The molecule has 218 valence electrons. The second-order valence-electron chi connectivity index (χ2n) is 11.3. The standard InChI is InChI=1S/C43H31N3/c1-4-13-32(14-5-1)33-23-27-39(28-24-33)45(37-17-6-2-7-18-37)40-29-25-34(26-30-40)35-15-12-16-36(31-35)43-44-41-21-10-11-22-42(41)46(43)38-19-8-3-9-20-38/h1-31H. The fourth-order valence-corrected chi connectivity index (χ4v) is 6.16. The maximum atomic E-state index is 5.08. The quantitative estimate of drug-likeness (QED) is 0.184. The third-order valence-electron chi connectivity index (χ3n) is 8.40. The molecule has 0 fully saturated rings. The van der Waals surface area contributed by atoms with Gasteiger partial charge in [-0.25, -0.2) is 4.98 Å². The second kappa shape index (κ2) is 12.1. The molecule has 0 radical (unpaired) electrons. The van der Waals surface area contributed by atoms with Crippen molar-refractivity contribution in [2.24, 2.45) is 0 Å². The molecule has 0 amide bonds. The lowest BCUT2D eigenvalue weighted by atomic mass is 10.0. The predicted molar refractivity (Wildman–Crippen MR) is 192 cm³/mol. The van der Waals surface area contributed by atoms with Gasteiger partial charge in [0.05, 0.1) is 11.0 Å². The average Bonchev–Trinajstić information content (AvgIpc) is 3.54. The summed E-state index contributed by atoms with van der Waals surface area (Å²) in [5, 5.41) is 0. The summed E-state index contributed by atoms with van der Waals surface area (Å²) in [5.74, 6) is 0.931. The summed E-state index contributed by atoms with van der Waals surface area (Å²) >= 11 is 0. The van der Waals surface area contributed by atoms with Crippen LogP contribution in [-0.4, -0.2) is 9.55 Å². The minimum Gasteiger partial charge on any atom is -0.311 e. The Morgan fingerprint density at radius 2 is 0.848 bits per heavy atom. The molecule has 0 aliphatic heterocycles. The van der Waals surface area contributed by atoms with Gasteiger partial charge >= 0.3 is 0 Å². The maximum absolute atomic E-state index is 5.08. The van der Waals surface area contributed by atoms with Gasteiger partial charge in [0.1, 0.15) is 5.82 Å². The lowest BCUT2D eigenvalue weighted by Crippen LogP contribution is -2.09. The summed E-state index contributed by atoms with van der Waals surface area (Å²) < 4.78 is 2.25. The second-order valence-corrected chi connectivity index (χ2v) is 11.3. The molecule has 0 aliphatic carbocycles. The molecule has 0 atom stereocenters. The molecule has 3 nitrogen and oxygen atoms in total. The zero-order valence-electron chi connectivity index (χ0n) is 25.2. The first-order chi connectivity index (χ1) is 22.8. The van der Waals surface area contributed by atoms with Crippen LogP contribution in [-0.2, 0) is 0 Å². The molecule has 0 spiro atoms. The van der Waals surface area contributed by atoms with Gasteiger partial charge < -0.3 is 4.90 Å². The number of nitrogens with zero attached hydrogens (tertiary/aromatic N) is 3. The molecule has 1 aromatic heterocycles. The lowest BCUT2D eigenvalue weighted by molar-refractivity contribution is 1.10. The smallest absolute Gasteiger partial charge is 0.145 e. The van der Waals surface area contributed by atoms with E-state index < -0.39 is 0 Å². The summed E-state index contributed by atoms with van der Waals surface area (Å²) in [5.41, 5.74) is 12.3. The molecule has 3 heteroatoms. The van der Waals surface area contributed by atoms with Crippen LogP contribution in [0.2, 0.25) is 0 Å². The summed E-state index contributed by atoms with van der Waals surface area (Å²) in [6, 6.07) is 66.1. The van der Waals surface area contributed by atoms with Crippen LogP contribution in [0.3, 0.4) is 0 Å². The van der Waals surface area contributed by atoms with E-state index in [1.54, 1.807) is 0 Å². The molecule has 0 aliphatic rings. The van der Waals surface area contributed by atoms with Crippen molar-refractivity contribution in [3.8, 4) is 39.3 Å². The number of rotatable bonds is 7. The largest absolute Gasteiger partial charge is 0.311 e. The van der Waals surface area contributed by atoms with Crippen molar-refractivity contribution in [1.82, 2.24) is 9.55 Å². The molecule has 0 N–H and O–H groups in total. The fraction of sp³-hybridized carbons (Fsp3) is 0. The molecule has 0 saturated heterocycles. The van der Waals surface area contributed by atoms with Crippen molar-refractivity contribution in [3.63, 3.8) is 0 Å². The Hall–Kier alpha value is -6.19. The lowest BCUT2D eigenvalue weighted by Gasteiger charge is -2.26. The Bertz CT molecular complexity index is 2220. The molecule has 8 rings (SSSR count). The monoisotopic (exact) mass is 589 g/mol. The molecular weight excluding hydrogens is 558 g/mol. The molecule has 7 aromatic carbocycles. The maximum Gasteiger partial charge on any atom is 0.145 e. The van der Waals surface area contributed by atoms with Crippen LogP contribution in [0, 0.1) is 0 Å². The van der Waals surface area contributed by atoms with Crippen molar-refractivity contribution < 1.29 is 0 Å². The minimum atomic E-state index is 0.931. The highest BCUT2D eigenvalue weighted by Gasteiger charge is 2.16. The van der Waals surface area contributed by atoms with Crippen molar-refractivity contribution in [3.05, 3.63) is 188 Å². The third kappa shape index (κ3) is 5.25. The van der Waals surface area contributed by atoms with Gasteiger partial charge in [-0.3, -0.25) is 4.57 Å². The van der Waals surface area contributed by atoms with E-state index >= 15 is 0 Å². The van der Waals surface area contributed by atoms with Crippen LogP contribution in [0.5, 0.6) is 0 Å². The highest BCUT2D eigenvalue weighted by Crippen LogP contribution is 2.37. The summed E-state index contributed by atoms with van der Waals surface area (Å²) in [7, 11) is 0. The Morgan fingerprint density at radius 1 is 0.370 bits per heavy atom. The average molecular weight is 590 g/mol. The molecule has 46 heavy (non-hydrogen) atoms. The predicted octanol–water partition coefficient (Wildman–Crippen LogP) is 11.5. The molecule has 1 heterocycles. The molecule has 0 unspecified atom stereocenters. The molecule has 0 bridgehead atoms. The SMILES string of the molecule is c1ccc(-c2ccc(N(c3ccccc3)c3ccc(-c4cccc(-c5nc6ccccc6n5-c5ccccc5)c4)cc3)cc2)cc1. The van der Waals surface area contributed by atoms with Crippen molar-refractivity contribution in [1.29, 1.82) is 0 Å². The third-order valence-corrected chi connectivity index (χ3v) is 8.40. The number of para-hydroxylation sites is 4. The first kappa shape index (κ1) is 27.4. The number of imidazole rings is 1. The summed E-state index contributed by atoms with van der Waals surface area (Å²) in [4.78, 5) is 7.38. The molecule has 0 saturated carbocycles. The van der Waals surface area contributed by atoms with Crippen LogP contribution < -0.4 is 4.90 Å². The van der Waals surface area contributed by atoms with Gasteiger partial charge in [-0.15, -0.1) is 0 Å². The molecular formula is C43H31N3.